The number of aromatic nitrogens is 2. The number of guanidine groups is 1. The standard InChI is InChI=1S/C11H21N5O.HI/c1-10(8-17-3)15-11(12-2)14-5-7-16-6-4-13-9-16;/h4,6,9-10H,5,7-8H2,1-3H3,(H2,12,14,15);1H. The number of ether oxygens (including phenoxy) is 1. The van der Waals surface area contributed by atoms with Crippen LogP contribution in [0.3, 0.4) is 0 Å². The van der Waals surface area contributed by atoms with Crippen LogP contribution in [0.5, 0.6) is 0 Å². The molecule has 1 aromatic heterocycles. The molecule has 6 nitrogen and oxygen atoms in total. The molecule has 7 heteroatoms. The molecule has 0 aromatic carbocycles. The smallest absolute Gasteiger partial charge is 0.191 e. The molecule has 104 valence electrons. The summed E-state index contributed by atoms with van der Waals surface area (Å²) in [5.41, 5.74) is 0. The summed E-state index contributed by atoms with van der Waals surface area (Å²) in [4.78, 5) is 8.13. The number of imidazole rings is 1. The van der Waals surface area contributed by atoms with E-state index in [2.05, 4.69) is 20.6 Å². The fraction of sp³-hybridized carbons (Fsp3) is 0.636. The quantitative estimate of drug-likeness (QED) is 0.442. The van der Waals surface area contributed by atoms with E-state index in [9.17, 15) is 0 Å². The average Bonchev–Trinajstić information content (AvgIpc) is 2.81. The number of rotatable bonds is 6. The van der Waals surface area contributed by atoms with Gasteiger partial charge >= 0.3 is 0 Å². The van der Waals surface area contributed by atoms with Crippen molar-refractivity contribution in [1.82, 2.24) is 20.2 Å². The highest BCUT2D eigenvalue weighted by Crippen LogP contribution is 1.85. The van der Waals surface area contributed by atoms with Crippen LogP contribution < -0.4 is 10.6 Å². The first-order valence-electron chi connectivity index (χ1n) is 5.68. The molecule has 0 amide bonds. The molecule has 0 spiro atoms. The highest BCUT2D eigenvalue weighted by molar-refractivity contribution is 14.0. The summed E-state index contributed by atoms with van der Waals surface area (Å²) >= 11 is 0. The number of hydrogen-bond donors (Lipinski definition) is 2. The lowest BCUT2D eigenvalue weighted by Gasteiger charge is -2.17. The molecule has 0 radical (unpaired) electrons. The van der Waals surface area contributed by atoms with Crippen molar-refractivity contribution in [3.8, 4) is 0 Å². The summed E-state index contributed by atoms with van der Waals surface area (Å²) in [6.07, 6.45) is 5.50. The Labute approximate surface area is 125 Å². The van der Waals surface area contributed by atoms with Crippen molar-refractivity contribution < 1.29 is 4.74 Å². The number of nitrogens with one attached hydrogen (secondary N) is 2. The van der Waals surface area contributed by atoms with Gasteiger partial charge in [-0.05, 0) is 6.92 Å². The number of hydrogen-bond acceptors (Lipinski definition) is 3. The minimum atomic E-state index is 0. The monoisotopic (exact) mass is 367 g/mol. The van der Waals surface area contributed by atoms with Crippen molar-refractivity contribution in [1.29, 1.82) is 0 Å². The molecular formula is C11H22IN5O. The van der Waals surface area contributed by atoms with Gasteiger partial charge in [-0.15, -0.1) is 24.0 Å². The van der Waals surface area contributed by atoms with E-state index in [1.54, 1.807) is 26.7 Å². The van der Waals surface area contributed by atoms with Crippen molar-refractivity contribution in [3.63, 3.8) is 0 Å². The lowest BCUT2D eigenvalue weighted by Crippen LogP contribution is -2.44. The molecule has 1 atom stereocenters. The van der Waals surface area contributed by atoms with E-state index in [4.69, 9.17) is 4.74 Å². The van der Waals surface area contributed by atoms with E-state index in [0.717, 1.165) is 19.0 Å². The minimum absolute atomic E-state index is 0. The summed E-state index contributed by atoms with van der Waals surface area (Å²) < 4.78 is 7.07. The Bertz CT molecular complexity index is 328. The molecule has 18 heavy (non-hydrogen) atoms. The molecular weight excluding hydrogens is 345 g/mol. The third-order valence-electron chi connectivity index (χ3n) is 2.25. The van der Waals surface area contributed by atoms with Gasteiger partial charge in [0.15, 0.2) is 5.96 Å². The number of methoxy groups -OCH3 is 1. The largest absolute Gasteiger partial charge is 0.383 e. The first kappa shape index (κ1) is 17.2. The normalized spacial score (nSPS) is 12.7. The van der Waals surface area contributed by atoms with Gasteiger partial charge in [0.05, 0.1) is 12.9 Å². The molecule has 1 rings (SSSR count). The second-order valence-electron chi connectivity index (χ2n) is 3.80. The maximum atomic E-state index is 5.05. The van der Waals surface area contributed by atoms with E-state index < -0.39 is 0 Å². The molecule has 1 aromatic rings. The molecule has 0 saturated carbocycles. The van der Waals surface area contributed by atoms with E-state index in [1.807, 2.05) is 17.7 Å². The number of aliphatic imine (C=N–C) groups is 1. The van der Waals surface area contributed by atoms with Crippen LogP contribution in [0.4, 0.5) is 0 Å². The molecule has 0 saturated heterocycles. The SMILES string of the molecule is CN=C(NCCn1ccnc1)NC(C)COC.I. The van der Waals surface area contributed by atoms with Crippen LogP contribution in [0.25, 0.3) is 0 Å². The summed E-state index contributed by atoms with van der Waals surface area (Å²) in [5.74, 6) is 0.787. The minimum Gasteiger partial charge on any atom is -0.383 e. The second-order valence-corrected chi connectivity index (χ2v) is 3.80. The van der Waals surface area contributed by atoms with Crippen LogP contribution in [-0.4, -0.2) is 48.9 Å². The molecule has 1 heterocycles. The third-order valence-corrected chi connectivity index (χ3v) is 2.25. The van der Waals surface area contributed by atoms with Gasteiger partial charge < -0.3 is 19.9 Å². The van der Waals surface area contributed by atoms with Crippen LogP contribution in [0.2, 0.25) is 0 Å². The van der Waals surface area contributed by atoms with Gasteiger partial charge in [0.1, 0.15) is 0 Å². The molecule has 1 unspecified atom stereocenters. The molecule has 0 aliphatic heterocycles. The Kier molecular flexibility index (Phi) is 9.66. The van der Waals surface area contributed by atoms with Gasteiger partial charge in [-0.25, -0.2) is 4.98 Å². The van der Waals surface area contributed by atoms with E-state index in [-0.39, 0.29) is 30.0 Å². The highest BCUT2D eigenvalue weighted by atomic mass is 127. The Hall–Kier alpha value is -0.830. The van der Waals surface area contributed by atoms with E-state index in [0.29, 0.717) is 6.61 Å². The first-order chi connectivity index (χ1) is 8.26. The summed E-state index contributed by atoms with van der Waals surface area (Å²) in [6, 6.07) is 0.236. The number of nitrogens with zero attached hydrogens (tertiary/aromatic N) is 3. The van der Waals surface area contributed by atoms with Gasteiger partial charge in [0, 0.05) is 45.7 Å². The predicted molar refractivity (Wildman–Crippen MR) is 83.5 cm³/mol. The zero-order valence-corrected chi connectivity index (χ0v) is 13.4. The highest BCUT2D eigenvalue weighted by Gasteiger charge is 2.03. The Morgan fingerprint density at radius 1 is 1.56 bits per heavy atom. The Balaban J connectivity index is 0.00000289. The van der Waals surface area contributed by atoms with Crippen molar-refractivity contribution in [2.45, 2.75) is 19.5 Å². The molecule has 0 fully saturated rings. The van der Waals surface area contributed by atoms with Crippen LogP contribution in [0.1, 0.15) is 6.92 Å². The van der Waals surface area contributed by atoms with Crippen LogP contribution in [0, 0.1) is 0 Å². The fourth-order valence-corrected chi connectivity index (χ4v) is 1.44. The van der Waals surface area contributed by atoms with E-state index in [1.165, 1.54) is 0 Å². The summed E-state index contributed by atoms with van der Waals surface area (Å²) in [7, 11) is 3.44. The maximum absolute atomic E-state index is 5.05. The summed E-state index contributed by atoms with van der Waals surface area (Å²) in [5, 5.41) is 6.47. The van der Waals surface area contributed by atoms with E-state index >= 15 is 0 Å². The van der Waals surface area contributed by atoms with Crippen molar-refractivity contribution in [2.24, 2.45) is 4.99 Å². The third kappa shape index (κ3) is 6.80. The zero-order chi connectivity index (χ0) is 12.5. The maximum Gasteiger partial charge on any atom is 0.191 e. The van der Waals surface area contributed by atoms with Crippen molar-refractivity contribution >= 4 is 29.9 Å². The lowest BCUT2D eigenvalue weighted by atomic mass is 10.4. The van der Waals surface area contributed by atoms with Crippen LogP contribution >= 0.6 is 24.0 Å². The fourth-order valence-electron chi connectivity index (χ4n) is 1.44. The van der Waals surface area contributed by atoms with Crippen LogP contribution in [-0.2, 0) is 11.3 Å². The van der Waals surface area contributed by atoms with Gasteiger partial charge in [0.2, 0.25) is 0 Å². The van der Waals surface area contributed by atoms with Crippen LogP contribution in [0.15, 0.2) is 23.7 Å². The Morgan fingerprint density at radius 2 is 2.33 bits per heavy atom. The molecule has 0 aliphatic rings. The number of halogens is 1. The first-order valence-corrected chi connectivity index (χ1v) is 5.68. The van der Waals surface area contributed by atoms with Gasteiger partial charge in [0.25, 0.3) is 0 Å². The lowest BCUT2D eigenvalue weighted by molar-refractivity contribution is 0.179. The molecule has 0 bridgehead atoms. The summed E-state index contributed by atoms with van der Waals surface area (Å²) in [6.45, 7) is 4.36. The predicted octanol–water partition coefficient (Wildman–Crippen LogP) is 0.701. The van der Waals surface area contributed by atoms with Gasteiger partial charge in [-0.2, -0.15) is 0 Å². The topological polar surface area (TPSA) is 63.5 Å². The molecule has 2 N–H and O–H groups in total. The second kappa shape index (κ2) is 10.1. The van der Waals surface area contributed by atoms with Gasteiger partial charge in [-0.3, -0.25) is 4.99 Å². The van der Waals surface area contributed by atoms with Crippen molar-refractivity contribution in [2.75, 3.05) is 27.3 Å². The average molecular weight is 367 g/mol. The zero-order valence-electron chi connectivity index (χ0n) is 11.1. The van der Waals surface area contributed by atoms with Gasteiger partial charge in [-0.1, -0.05) is 0 Å². The molecule has 0 aliphatic carbocycles. The van der Waals surface area contributed by atoms with Crippen molar-refractivity contribution in [3.05, 3.63) is 18.7 Å². The Morgan fingerprint density at radius 3 is 2.89 bits per heavy atom.